The third-order valence-electron chi connectivity index (χ3n) is 2.14. The van der Waals surface area contributed by atoms with Crippen LogP contribution in [-0.4, -0.2) is 4.57 Å². The van der Waals surface area contributed by atoms with E-state index in [1.54, 1.807) is 0 Å². The number of nitrogen functional groups attached to an aromatic ring is 1. The summed E-state index contributed by atoms with van der Waals surface area (Å²) in [5.41, 5.74) is 8.06. The van der Waals surface area contributed by atoms with Crippen LogP contribution in [0.25, 0.3) is 10.9 Å². The van der Waals surface area contributed by atoms with Crippen LogP contribution in [0.4, 0.5) is 5.69 Å². The van der Waals surface area contributed by atoms with Gasteiger partial charge in [0.2, 0.25) is 0 Å². The lowest BCUT2D eigenvalue weighted by Gasteiger charge is -1.96. The number of nitriles is 1. The molecule has 0 aliphatic carbocycles. The summed E-state index contributed by atoms with van der Waals surface area (Å²) in [6.45, 7) is 0. The molecule has 2 rings (SSSR count). The van der Waals surface area contributed by atoms with Crippen molar-refractivity contribution in [1.82, 2.24) is 4.57 Å². The third kappa shape index (κ3) is 1.04. The van der Waals surface area contributed by atoms with E-state index < -0.39 is 0 Å². The molecule has 0 unspecified atom stereocenters. The van der Waals surface area contributed by atoms with Gasteiger partial charge < -0.3 is 10.3 Å². The van der Waals surface area contributed by atoms with Crippen LogP contribution < -0.4 is 5.73 Å². The molecule has 0 spiro atoms. The Bertz CT molecular complexity index is 503. The van der Waals surface area contributed by atoms with Crippen LogP contribution in [-0.2, 0) is 7.05 Å². The molecule has 3 nitrogen and oxygen atoms in total. The maximum Gasteiger partial charge on any atom is 0.101 e. The largest absolute Gasteiger partial charge is 0.399 e. The van der Waals surface area contributed by atoms with Crippen molar-refractivity contribution in [2.24, 2.45) is 7.05 Å². The third-order valence-corrected chi connectivity index (χ3v) is 2.14. The Kier molecular flexibility index (Phi) is 1.49. The van der Waals surface area contributed by atoms with Gasteiger partial charge in [-0.05, 0) is 18.2 Å². The van der Waals surface area contributed by atoms with Crippen LogP contribution in [0, 0.1) is 11.3 Å². The first-order valence-corrected chi connectivity index (χ1v) is 3.97. The van der Waals surface area contributed by atoms with Crippen molar-refractivity contribution in [3.05, 3.63) is 30.0 Å². The van der Waals surface area contributed by atoms with Gasteiger partial charge in [-0.2, -0.15) is 5.26 Å². The highest BCUT2D eigenvalue weighted by molar-refractivity contribution is 5.88. The SMILES string of the molecule is Cn1cc(C#N)c2ccc(N)cc21. The second kappa shape index (κ2) is 2.53. The van der Waals surface area contributed by atoms with Gasteiger partial charge in [-0.25, -0.2) is 0 Å². The predicted molar refractivity (Wildman–Crippen MR) is 52.0 cm³/mol. The lowest BCUT2D eigenvalue weighted by Crippen LogP contribution is -1.87. The molecule has 0 fully saturated rings. The molecule has 0 saturated heterocycles. The monoisotopic (exact) mass is 171 g/mol. The van der Waals surface area contributed by atoms with Crippen molar-refractivity contribution < 1.29 is 0 Å². The zero-order chi connectivity index (χ0) is 9.42. The van der Waals surface area contributed by atoms with Gasteiger partial charge in [-0.3, -0.25) is 0 Å². The molecule has 1 aromatic carbocycles. The number of fused-ring (bicyclic) bond motifs is 1. The van der Waals surface area contributed by atoms with E-state index in [1.807, 2.05) is 36.0 Å². The number of aromatic nitrogens is 1. The molecule has 0 saturated carbocycles. The van der Waals surface area contributed by atoms with Crippen molar-refractivity contribution in [1.29, 1.82) is 5.26 Å². The standard InChI is InChI=1S/C10H9N3/c1-13-6-7(5-11)9-3-2-8(12)4-10(9)13/h2-4,6H,12H2,1H3. The van der Waals surface area contributed by atoms with Crippen molar-refractivity contribution in [2.75, 3.05) is 5.73 Å². The summed E-state index contributed by atoms with van der Waals surface area (Å²) in [7, 11) is 1.91. The molecule has 0 radical (unpaired) electrons. The molecule has 13 heavy (non-hydrogen) atoms. The molecule has 3 heteroatoms. The smallest absolute Gasteiger partial charge is 0.101 e. The molecule has 0 bridgehead atoms. The first-order chi connectivity index (χ1) is 6.22. The molecule has 1 heterocycles. The predicted octanol–water partition coefficient (Wildman–Crippen LogP) is 1.63. The van der Waals surface area contributed by atoms with Crippen LogP contribution in [0.15, 0.2) is 24.4 Å². The normalized spacial score (nSPS) is 10.2. The van der Waals surface area contributed by atoms with Gasteiger partial charge in [-0.15, -0.1) is 0 Å². The van der Waals surface area contributed by atoms with E-state index in [0.29, 0.717) is 5.56 Å². The summed E-state index contributed by atoms with van der Waals surface area (Å²) >= 11 is 0. The van der Waals surface area contributed by atoms with E-state index in [4.69, 9.17) is 11.0 Å². The van der Waals surface area contributed by atoms with E-state index in [9.17, 15) is 0 Å². The highest BCUT2D eigenvalue weighted by Crippen LogP contribution is 2.21. The lowest BCUT2D eigenvalue weighted by atomic mass is 10.2. The van der Waals surface area contributed by atoms with Crippen LogP contribution in [0.1, 0.15) is 5.56 Å². The summed E-state index contributed by atoms with van der Waals surface area (Å²) in [5.74, 6) is 0. The maximum absolute atomic E-state index is 8.82. The number of hydrogen-bond donors (Lipinski definition) is 1. The highest BCUT2D eigenvalue weighted by atomic mass is 14.9. The summed E-state index contributed by atoms with van der Waals surface area (Å²) in [4.78, 5) is 0. The topological polar surface area (TPSA) is 54.7 Å². The fourth-order valence-corrected chi connectivity index (χ4v) is 1.49. The highest BCUT2D eigenvalue weighted by Gasteiger charge is 2.04. The molecule has 1 aromatic heterocycles. The second-order valence-corrected chi connectivity index (χ2v) is 3.04. The zero-order valence-electron chi connectivity index (χ0n) is 7.28. The summed E-state index contributed by atoms with van der Waals surface area (Å²) in [6.07, 6.45) is 1.81. The van der Waals surface area contributed by atoms with Crippen molar-refractivity contribution in [3.63, 3.8) is 0 Å². The van der Waals surface area contributed by atoms with Gasteiger partial charge in [0.15, 0.2) is 0 Å². The molecular formula is C10H9N3. The van der Waals surface area contributed by atoms with E-state index >= 15 is 0 Å². The zero-order valence-corrected chi connectivity index (χ0v) is 7.28. The quantitative estimate of drug-likeness (QED) is 0.612. The Hall–Kier alpha value is -1.95. The van der Waals surface area contributed by atoms with Crippen molar-refractivity contribution in [2.45, 2.75) is 0 Å². The Morgan fingerprint density at radius 2 is 2.23 bits per heavy atom. The van der Waals surface area contributed by atoms with Gasteiger partial charge >= 0.3 is 0 Å². The van der Waals surface area contributed by atoms with E-state index in [0.717, 1.165) is 16.6 Å². The molecule has 0 amide bonds. The number of hydrogen-bond acceptors (Lipinski definition) is 2. The van der Waals surface area contributed by atoms with E-state index in [2.05, 4.69) is 6.07 Å². The summed E-state index contributed by atoms with van der Waals surface area (Å²) in [6, 6.07) is 7.71. The maximum atomic E-state index is 8.82. The average Bonchev–Trinajstić information content (AvgIpc) is 2.43. The first kappa shape index (κ1) is 7.69. The Morgan fingerprint density at radius 1 is 1.46 bits per heavy atom. The molecule has 2 N–H and O–H groups in total. The van der Waals surface area contributed by atoms with Gasteiger partial charge in [0.05, 0.1) is 11.1 Å². The van der Waals surface area contributed by atoms with Crippen LogP contribution in [0.3, 0.4) is 0 Å². The fourth-order valence-electron chi connectivity index (χ4n) is 1.49. The number of aryl methyl sites for hydroxylation is 1. The molecule has 0 atom stereocenters. The van der Waals surface area contributed by atoms with E-state index in [-0.39, 0.29) is 0 Å². The number of nitrogens with two attached hydrogens (primary N) is 1. The first-order valence-electron chi connectivity index (χ1n) is 3.97. The van der Waals surface area contributed by atoms with Gasteiger partial charge in [0.25, 0.3) is 0 Å². The van der Waals surface area contributed by atoms with Crippen LogP contribution in [0.5, 0.6) is 0 Å². The number of benzene rings is 1. The van der Waals surface area contributed by atoms with Gasteiger partial charge in [0, 0.05) is 24.3 Å². The summed E-state index contributed by atoms with van der Waals surface area (Å²) < 4.78 is 1.91. The molecular weight excluding hydrogens is 162 g/mol. The number of nitrogens with zero attached hydrogens (tertiary/aromatic N) is 2. The Morgan fingerprint density at radius 3 is 2.92 bits per heavy atom. The Balaban J connectivity index is 2.90. The van der Waals surface area contributed by atoms with Crippen LogP contribution >= 0.6 is 0 Å². The van der Waals surface area contributed by atoms with Crippen molar-refractivity contribution in [3.8, 4) is 6.07 Å². The molecule has 0 aliphatic rings. The number of anilines is 1. The van der Waals surface area contributed by atoms with Crippen LogP contribution in [0.2, 0.25) is 0 Å². The van der Waals surface area contributed by atoms with E-state index in [1.165, 1.54) is 0 Å². The molecule has 0 aliphatic heterocycles. The molecule has 64 valence electrons. The van der Waals surface area contributed by atoms with Gasteiger partial charge in [-0.1, -0.05) is 0 Å². The minimum Gasteiger partial charge on any atom is -0.399 e. The van der Waals surface area contributed by atoms with Gasteiger partial charge in [0.1, 0.15) is 6.07 Å². The minimum atomic E-state index is 0.692. The minimum absolute atomic E-state index is 0.692. The lowest BCUT2D eigenvalue weighted by molar-refractivity contribution is 0.967. The Labute approximate surface area is 76.0 Å². The summed E-state index contributed by atoms with van der Waals surface area (Å²) in [5, 5.41) is 9.78. The fraction of sp³-hybridized carbons (Fsp3) is 0.100. The second-order valence-electron chi connectivity index (χ2n) is 3.04. The molecule has 2 aromatic rings. The number of rotatable bonds is 0. The average molecular weight is 171 g/mol. The van der Waals surface area contributed by atoms with Crippen molar-refractivity contribution >= 4 is 16.6 Å².